The van der Waals surface area contributed by atoms with Crippen molar-refractivity contribution >= 4 is 12.1 Å². The molecule has 0 spiro atoms. The van der Waals surface area contributed by atoms with E-state index in [-0.39, 0.29) is 19.6 Å². The summed E-state index contributed by atoms with van der Waals surface area (Å²) in [5.41, 5.74) is 0.760. The zero-order valence-electron chi connectivity index (χ0n) is 11.6. The van der Waals surface area contributed by atoms with E-state index < -0.39 is 24.2 Å². The fraction of sp³-hybridized carbons (Fsp3) is 0.429. The molecule has 1 heterocycles. The number of hydrogen-bond donors (Lipinski definition) is 2. The Balaban J connectivity index is 1.92. The second-order valence-corrected chi connectivity index (χ2v) is 4.80. The fourth-order valence-electron chi connectivity index (χ4n) is 2.20. The number of benzene rings is 1. The third-order valence-corrected chi connectivity index (χ3v) is 3.32. The molecule has 1 saturated heterocycles. The highest BCUT2D eigenvalue weighted by atomic mass is 16.6. The van der Waals surface area contributed by atoms with Crippen LogP contribution in [0, 0.1) is 0 Å². The molecule has 0 aromatic heterocycles. The molecule has 2 N–H and O–H groups in total. The van der Waals surface area contributed by atoms with Gasteiger partial charge in [0, 0.05) is 6.42 Å². The summed E-state index contributed by atoms with van der Waals surface area (Å²) in [6.45, 7) is 0.000173. The van der Waals surface area contributed by atoms with Crippen molar-refractivity contribution in [3.05, 3.63) is 29.8 Å². The van der Waals surface area contributed by atoms with Crippen molar-refractivity contribution in [1.82, 2.24) is 4.90 Å². The number of hydrogen-bond acceptors (Lipinski definition) is 5. The van der Waals surface area contributed by atoms with Gasteiger partial charge in [-0.05, 0) is 17.7 Å². The van der Waals surface area contributed by atoms with Gasteiger partial charge in [-0.2, -0.15) is 0 Å². The maximum atomic E-state index is 11.9. The number of carboxylic acid groups (broad SMARTS) is 1. The first-order valence-electron chi connectivity index (χ1n) is 6.48. The van der Waals surface area contributed by atoms with Crippen molar-refractivity contribution < 1.29 is 29.3 Å². The molecule has 2 rings (SSSR count). The van der Waals surface area contributed by atoms with Gasteiger partial charge < -0.3 is 19.7 Å². The number of ether oxygens (including phenoxy) is 2. The molecule has 7 heteroatoms. The topological polar surface area (TPSA) is 96.3 Å². The van der Waals surface area contributed by atoms with E-state index in [0.717, 1.165) is 10.5 Å². The molecule has 1 fully saturated rings. The minimum Gasteiger partial charge on any atom is -0.497 e. The van der Waals surface area contributed by atoms with Crippen LogP contribution in [0.3, 0.4) is 0 Å². The standard InChI is InChI=1S/C14H17NO6/c1-20-11-4-2-9(3-5-11)8-21-14(19)15-7-10(16)6-12(15)13(17)18/h2-5,10,12,16H,6-8H2,1H3,(H,17,18). The van der Waals surface area contributed by atoms with Gasteiger partial charge >= 0.3 is 12.1 Å². The highest BCUT2D eigenvalue weighted by molar-refractivity contribution is 5.80. The van der Waals surface area contributed by atoms with Crippen molar-refractivity contribution in [2.75, 3.05) is 13.7 Å². The molecule has 1 aromatic carbocycles. The maximum Gasteiger partial charge on any atom is 0.410 e. The van der Waals surface area contributed by atoms with Crippen LogP contribution < -0.4 is 4.74 Å². The Hall–Kier alpha value is -2.28. The number of nitrogens with zero attached hydrogens (tertiary/aromatic N) is 1. The van der Waals surface area contributed by atoms with Gasteiger partial charge in [-0.3, -0.25) is 4.90 Å². The number of aliphatic hydroxyl groups is 1. The molecule has 0 saturated carbocycles. The molecule has 0 bridgehead atoms. The van der Waals surface area contributed by atoms with E-state index in [1.54, 1.807) is 31.4 Å². The van der Waals surface area contributed by atoms with Gasteiger partial charge in [0.25, 0.3) is 0 Å². The van der Waals surface area contributed by atoms with E-state index in [9.17, 15) is 14.7 Å². The fourth-order valence-corrected chi connectivity index (χ4v) is 2.20. The molecule has 1 aliphatic rings. The second kappa shape index (κ2) is 6.45. The molecule has 1 aliphatic heterocycles. The first-order valence-corrected chi connectivity index (χ1v) is 6.48. The Bertz CT molecular complexity index is 515. The van der Waals surface area contributed by atoms with Crippen LogP contribution >= 0.6 is 0 Å². The number of methoxy groups -OCH3 is 1. The number of carbonyl (C=O) groups excluding carboxylic acids is 1. The van der Waals surface area contributed by atoms with E-state index >= 15 is 0 Å². The van der Waals surface area contributed by atoms with Crippen LogP contribution in [-0.2, 0) is 16.1 Å². The van der Waals surface area contributed by atoms with Crippen molar-refractivity contribution in [1.29, 1.82) is 0 Å². The van der Waals surface area contributed by atoms with E-state index in [2.05, 4.69) is 0 Å². The lowest BCUT2D eigenvalue weighted by atomic mass is 10.2. The second-order valence-electron chi connectivity index (χ2n) is 4.80. The number of carboxylic acids is 1. The van der Waals surface area contributed by atoms with Crippen molar-refractivity contribution in [2.45, 2.75) is 25.2 Å². The third kappa shape index (κ3) is 3.63. The van der Waals surface area contributed by atoms with E-state index in [0.29, 0.717) is 5.75 Å². The number of carbonyl (C=O) groups is 2. The molecular formula is C14H17NO6. The Morgan fingerprint density at radius 3 is 2.57 bits per heavy atom. The molecule has 114 valence electrons. The SMILES string of the molecule is COc1ccc(COC(=O)N2CC(O)CC2C(=O)O)cc1. The highest BCUT2D eigenvalue weighted by Crippen LogP contribution is 2.20. The van der Waals surface area contributed by atoms with E-state index in [1.807, 2.05) is 0 Å². The summed E-state index contributed by atoms with van der Waals surface area (Å²) in [4.78, 5) is 24.0. The monoisotopic (exact) mass is 295 g/mol. The van der Waals surface area contributed by atoms with Crippen LogP contribution in [0.25, 0.3) is 0 Å². The van der Waals surface area contributed by atoms with Crippen LogP contribution in [-0.4, -0.2) is 53.0 Å². The summed E-state index contributed by atoms with van der Waals surface area (Å²) >= 11 is 0. The lowest BCUT2D eigenvalue weighted by Gasteiger charge is -2.20. The quantitative estimate of drug-likeness (QED) is 0.855. The van der Waals surface area contributed by atoms with Gasteiger partial charge in [-0.1, -0.05) is 12.1 Å². The lowest BCUT2D eigenvalue weighted by Crippen LogP contribution is -2.40. The largest absolute Gasteiger partial charge is 0.497 e. The molecule has 1 amide bonds. The average Bonchev–Trinajstić information content (AvgIpc) is 2.87. The normalized spacial score (nSPS) is 21.1. The molecule has 2 unspecified atom stereocenters. The van der Waals surface area contributed by atoms with Gasteiger partial charge in [-0.15, -0.1) is 0 Å². The van der Waals surface area contributed by atoms with Crippen molar-refractivity contribution in [3.8, 4) is 5.75 Å². The Morgan fingerprint density at radius 2 is 2.00 bits per heavy atom. The lowest BCUT2D eigenvalue weighted by molar-refractivity contribution is -0.141. The van der Waals surface area contributed by atoms with Gasteiger partial charge in [0.15, 0.2) is 0 Å². The van der Waals surface area contributed by atoms with Crippen LogP contribution in [0.4, 0.5) is 4.79 Å². The summed E-state index contributed by atoms with van der Waals surface area (Å²) in [5.74, 6) is -0.452. The zero-order valence-corrected chi connectivity index (χ0v) is 11.6. The Kier molecular flexibility index (Phi) is 4.64. The van der Waals surface area contributed by atoms with Crippen LogP contribution in [0.5, 0.6) is 5.75 Å². The summed E-state index contributed by atoms with van der Waals surface area (Å²) < 4.78 is 10.1. The summed E-state index contributed by atoms with van der Waals surface area (Å²) in [5, 5.41) is 18.5. The van der Waals surface area contributed by atoms with Gasteiger partial charge in [-0.25, -0.2) is 9.59 Å². The van der Waals surface area contributed by atoms with Crippen molar-refractivity contribution in [2.24, 2.45) is 0 Å². The van der Waals surface area contributed by atoms with Gasteiger partial charge in [0.2, 0.25) is 0 Å². The van der Waals surface area contributed by atoms with Gasteiger partial charge in [0.05, 0.1) is 19.8 Å². The number of aliphatic hydroxyl groups excluding tert-OH is 1. The summed E-state index contributed by atoms with van der Waals surface area (Å²) in [7, 11) is 1.56. The summed E-state index contributed by atoms with van der Waals surface area (Å²) in [6.07, 6.45) is -1.55. The predicted molar refractivity (Wildman–Crippen MR) is 71.9 cm³/mol. The first kappa shape index (κ1) is 15.1. The smallest absolute Gasteiger partial charge is 0.410 e. The number of rotatable bonds is 4. The van der Waals surface area contributed by atoms with Gasteiger partial charge in [0.1, 0.15) is 18.4 Å². The molecule has 0 radical (unpaired) electrons. The Labute approximate surface area is 121 Å². The zero-order chi connectivity index (χ0) is 15.4. The minimum atomic E-state index is -1.15. The first-order chi connectivity index (χ1) is 10.0. The number of β-amino-alcohol motifs (C(OH)–C–C–N with tert-alkyl or cyclic N) is 1. The van der Waals surface area contributed by atoms with Crippen LogP contribution in [0.2, 0.25) is 0 Å². The third-order valence-electron chi connectivity index (χ3n) is 3.32. The average molecular weight is 295 g/mol. The van der Waals surface area contributed by atoms with Crippen LogP contribution in [0.15, 0.2) is 24.3 Å². The molecule has 1 aromatic rings. The van der Waals surface area contributed by atoms with Crippen LogP contribution in [0.1, 0.15) is 12.0 Å². The summed E-state index contributed by atoms with van der Waals surface area (Å²) in [6, 6.07) is 5.94. The van der Waals surface area contributed by atoms with E-state index in [1.165, 1.54) is 0 Å². The number of amides is 1. The predicted octanol–water partition coefficient (Wildman–Crippen LogP) is 0.852. The maximum absolute atomic E-state index is 11.9. The van der Waals surface area contributed by atoms with Crippen molar-refractivity contribution in [3.63, 3.8) is 0 Å². The number of aliphatic carboxylic acids is 1. The molecule has 0 aliphatic carbocycles. The minimum absolute atomic E-state index is 0.0208. The molecule has 21 heavy (non-hydrogen) atoms. The highest BCUT2D eigenvalue weighted by Gasteiger charge is 2.39. The van der Waals surface area contributed by atoms with E-state index in [4.69, 9.17) is 14.6 Å². The molecular weight excluding hydrogens is 278 g/mol. The molecule has 2 atom stereocenters. The Morgan fingerprint density at radius 1 is 1.33 bits per heavy atom. The molecule has 7 nitrogen and oxygen atoms in total. The number of likely N-dealkylation sites (tertiary alicyclic amines) is 1.